The molecule has 2 heterocycles. The van der Waals surface area contributed by atoms with Gasteiger partial charge in [0.25, 0.3) is 0 Å². The Morgan fingerprint density at radius 2 is 2.00 bits per heavy atom. The molecular weight excluding hydrogens is 226 g/mol. The molecule has 1 atom stereocenters. The third-order valence-electron chi connectivity index (χ3n) is 4.78. The van der Waals surface area contributed by atoms with Crippen LogP contribution in [0.2, 0.25) is 0 Å². The van der Waals surface area contributed by atoms with E-state index in [1.54, 1.807) is 0 Å². The topological polar surface area (TPSA) is 39.5 Å². The quantitative estimate of drug-likeness (QED) is 0.747. The number of hydrogen-bond donors (Lipinski definition) is 0. The van der Waals surface area contributed by atoms with E-state index in [0.717, 1.165) is 45.3 Å². The minimum atomic E-state index is 0.370. The van der Waals surface area contributed by atoms with E-state index in [9.17, 15) is 0 Å². The van der Waals surface area contributed by atoms with Crippen molar-refractivity contribution >= 4 is 0 Å². The summed E-state index contributed by atoms with van der Waals surface area (Å²) in [7, 11) is 0. The molecule has 0 spiro atoms. The van der Waals surface area contributed by atoms with E-state index < -0.39 is 0 Å². The van der Waals surface area contributed by atoms with E-state index >= 15 is 0 Å². The molecule has 0 aromatic carbocycles. The van der Waals surface area contributed by atoms with E-state index in [0.29, 0.717) is 5.41 Å². The molecule has 0 aromatic heterocycles. The molecule has 0 aromatic rings. The minimum absolute atomic E-state index is 0.370. The van der Waals surface area contributed by atoms with Gasteiger partial charge in [-0.25, -0.2) is 0 Å². The molecule has 0 radical (unpaired) electrons. The molecule has 1 saturated carbocycles. The Morgan fingerprint density at radius 3 is 2.67 bits per heavy atom. The smallest absolute Gasteiger partial charge is 0.0628 e. The van der Waals surface area contributed by atoms with Crippen molar-refractivity contribution in [2.45, 2.75) is 31.7 Å². The molecule has 3 aliphatic rings. The zero-order valence-electron chi connectivity index (χ0n) is 11.1. The molecule has 0 bridgehead atoms. The van der Waals surface area contributed by atoms with Gasteiger partial charge in [-0.3, -0.25) is 4.90 Å². The highest BCUT2D eigenvalue weighted by molar-refractivity contribution is 5.02. The maximum atomic E-state index is 8.88. The molecule has 4 nitrogen and oxygen atoms in total. The first-order valence-electron chi connectivity index (χ1n) is 7.22. The maximum absolute atomic E-state index is 8.88. The van der Waals surface area contributed by atoms with Crippen LogP contribution in [0.5, 0.6) is 0 Å². The van der Waals surface area contributed by atoms with Crippen LogP contribution in [-0.2, 0) is 4.74 Å². The van der Waals surface area contributed by atoms with Gasteiger partial charge in [0.15, 0.2) is 0 Å². The molecule has 3 rings (SSSR count). The predicted molar refractivity (Wildman–Crippen MR) is 69.1 cm³/mol. The molecule has 100 valence electrons. The van der Waals surface area contributed by atoms with Gasteiger partial charge in [-0.05, 0) is 31.2 Å². The van der Waals surface area contributed by atoms with Crippen LogP contribution in [0.25, 0.3) is 0 Å². The van der Waals surface area contributed by atoms with Crippen molar-refractivity contribution < 1.29 is 4.74 Å². The predicted octanol–water partition coefficient (Wildman–Crippen LogP) is 1.09. The largest absolute Gasteiger partial charge is 0.379 e. The average molecular weight is 249 g/mol. The highest BCUT2D eigenvalue weighted by Crippen LogP contribution is 2.49. The first-order chi connectivity index (χ1) is 8.81. The van der Waals surface area contributed by atoms with Gasteiger partial charge < -0.3 is 9.64 Å². The van der Waals surface area contributed by atoms with Crippen molar-refractivity contribution in [3.8, 4) is 6.07 Å². The molecule has 2 saturated heterocycles. The number of ether oxygens (including phenoxy) is 1. The summed E-state index contributed by atoms with van der Waals surface area (Å²) in [6, 6.07) is 3.09. The molecule has 1 unspecified atom stereocenters. The fourth-order valence-corrected chi connectivity index (χ4v) is 3.41. The first-order valence-corrected chi connectivity index (χ1v) is 7.22. The highest BCUT2D eigenvalue weighted by Gasteiger charge is 2.44. The van der Waals surface area contributed by atoms with Crippen molar-refractivity contribution in [3.63, 3.8) is 0 Å². The molecule has 3 fully saturated rings. The number of hydrogen-bond acceptors (Lipinski definition) is 4. The molecular formula is C14H23N3O. The normalized spacial score (nSPS) is 32.3. The van der Waals surface area contributed by atoms with Crippen LogP contribution < -0.4 is 0 Å². The van der Waals surface area contributed by atoms with E-state index in [4.69, 9.17) is 10.00 Å². The van der Waals surface area contributed by atoms with E-state index in [1.807, 2.05) is 0 Å². The van der Waals surface area contributed by atoms with E-state index in [1.165, 1.54) is 32.4 Å². The average Bonchev–Trinajstić information content (AvgIpc) is 2.99. The van der Waals surface area contributed by atoms with Crippen molar-refractivity contribution in [1.29, 1.82) is 5.26 Å². The summed E-state index contributed by atoms with van der Waals surface area (Å²) < 4.78 is 5.42. The van der Waals surface area contributed by atoms with Gasteiger partial charge in [-0.2, -0.15) is 5.26 Å². The second-order valence-corrected chi connectivity index (χ2v) is 6.16. The summed E-state index contributed by atoms with van der Waals surface area (Å²) in [5.74, 6) is 0. The van der Waals surface area contributed by atoms with Crippen LogP contribution in [0.15, 0.2) is 0 Å². The number of nitriles is 1. The van der Waals surface area contributed by atoms with Crippen molar-refractivity contribution in [3.05, 3.63) is 0 Å². The summed E-state index contributed by atoms with van der Waals surface area (Å²) >= 11 is 0. The fourth-order valence-electron chi connectivity index (χ4n) is 3.41. The molecule has 0 N–H and O–H groups in total. The Bertz CT molecular complexity index is 328. The summed E-state index contributed by atoms with van der Waals surface area (Å²) in [5.41, 5.74) is 0.370. The van der Waals surface area contributed by atoms with Crippen LogP contribution in [0.1, 0.15) is 25.7 Å². The van der Waals surface area contributed by atoms with Crippen LogP contribution in [-0.4, -0.2) is 61.8 Å². The fraction of sp³-hybridized carbons (Fsp3) is 0.929. The van der Waals surface area contributed by atoms with Gasteiger partial charge in [-0.15, -0.1) is 0 Å². The van der Waals surface area contributed by atoms with Crippen LogP contribution >= 0.6 is 0 Å². The summed E-state index contributed by atoms with van der Waals surface area (Å²) in [6.07, 6.45) is 4.58. The number of morpholine rings is 1. The molecule has 2 aliphatic heterocycles. The summed E-state index contributed by atoms with van der Waals surface area (Å²) in [5, 5.41) is 8.88. The van der Waals surface area contributed by atoms with Gasteiger partial charge >= 0.3 is 0 Å². The van der Waals surface area contributed by atoms with Gasteiger partial charge in [0.1, 0.15) is 0 Å². The van der Waals surface area contributed by atoms with Gasteiger partial charge in [0, 0.05) is 38.6 Å². The van der Waals surface area contributed by atoms with Crippen molar-refractivity contribution in [2.24, 2.45) is 5.41 Å². The van der Waals surface area contributed by atoms with Gasteiger partial charge in [0.2, 0.25) is 0 Å². The van der Waals surface area contributed by atoms with E-state index in [-0.39, 0.29) is 0 Å². The van der Waals surface area contributed by atoms with E-state index in [2.05, 4.69) is 15.9 Å². The Kier molecular flexibility index (Phi) is 3.56. The lowest BCUT2D eigenvalue weighted by atomic mass is 10.0. The first kappa shape index (κ1) is 12.4. The van der Waals surface area contributed by atoms with Crippen molar-refractivity contribution in [1.82, 2.24) is 9.80 Å². The monoisotopic (exact) mass is 249 g/mol. The number of rotatable bonds is 4. The third kappa shape index (κ3) is 2.69. The number of likely N-dealkylation sites (tertiary alicyclic amines) is 1. The van der Waals surface area contributed by atoms with Gasteiger partial charge in [-0.1, -0.05) is 0 Å². The zero-order valence-corrected chi connectivity index (χ0v) is 11.1. The lowest BCUT2D eigenvalue weighted by molar-refractivity contribution is 0.0181. The Balaban J connectivity index is 1.48. The third-order valence-corrected chi connectivity index (χ3v) is 4.78. The highest BCUT2D eigenvalue weighted by atomic mass is 16.5. The minimum Gasteiger partial charge on any atom is -0.379 e. The van der Waals surface area contributed by atoms with Crippen LogP contribution in [0, 0.1) is 16.7 Å². The lowest BCUT2D eigenvalue weighted by Gasteiger charge is -2.32. The standard InChI is InChI=1S/C14H23N3O/c15-5-4-14(2-3-14)12-16-6-1-13(11-16)17-7-9-18-10-8-17/h13H,1-4,6-12H2. The summed E-state index contributed by atoms with van der Waals surface area (Å²) in [4.78, 5) is 5.18. The summed E-state index contributed by atoms with van der Waals surface area (Å²) in [6.45, 7) is 7.57. The van der Waals surface area contributed by atoms with Gasteiger partial charge in [0.05, 0.1) is 19.3 Å². The molecule has 1 aliphatic carbocycles. The lowest BCUT2D eigenvalue weighted by Crippen LogP contribution is -2.45. The second kappa shape index (κ2) is 5.16. The van der Waals surface area contributed by atoms with Crippen LogP contribution in [0.4, 0.5) is 0 Å². The second-order valence-electron chi connectivity index (χ2n) is 6.16. The van der Waals surface area contributed by atoms with Crippen LogP contribution in [0.3, 0.4) is 0 Å². The SMILES string of the molecule is N#CCC1(CN2CCC(N3CCOCC3)C2)CC1. The number of nitrogens with zero attached hydrogens (tertiary/aromatic N) is 3. The Morgan fingerprint density at radius 1 is 1.22 bits per heavy atom. The Hall–Kier alpha value is -0.630. The molecule has 18 heavy (non-hydrogen) atoms. The molecule has 0 amide bonds. The zero-order chi connectivity index (χ0) is 12.4. The molecule has 4 heteroatoms. The Labute approximate surface area is 109 Å². The van der Waals surface area contributed by atoms with Crippen molar-refractivity contribution in [2.75, 3.05) is 45.9 Å². The maximum Gasteiger partial charge on any atom is 0.0628 e.